The molecule has 0 N–H and O–H groups in total. The molecule has 0 radical (unpaired) electrons. The van der Waals surface area contributed by atoms with Crippen molar-refractivity contribution in [1.82, 2.24) is 29.6 Å². The van der Waals surface area contributed by atoms with E-state index in [9.17, 15) is 22.0 Å². The largest absolute Gasteiger partial charge is 0.417 e. The van der Waals surface area contributed by atoms with Crippen LogP contribution in [0, 0.1) is 5.41 Å². The Balaban J connectivity index is 1.21. The maximum Gasteiger partial charge on any atom is 0.417 e. The van der Waals surface area contributed by atoms with Gasteiger partial charge in [-0.05, 0) is 18.6 Å². The molecule has 32 heavy (non-hydrogen) atoms. The number of anilines is 1. The van der Waals surface area contributed by atoms with Crippen molar-refractivity contribution < 1.29 is 22.0 Å². The molecule has 170 valence electrons. The van der Waals surface area contributed by atoms with Gasteiger partial charge in [0.15, 0.2) is 5.65 Å². The Labute approximate surface area is 179 Å². The van der Waals surface area contributed by atoms with Gasteiger partial charge in [0, 0.05) is 44.3 Å². The molecule has 3 aromatic rings. The number of halogens is 5. The molecule has 2 saturated heterocycles. The van der Waals surface area contributed by atoms with Crippen LogP contribution < -0.4 is 4.90 Å². The molecule has 0 saturated carbocycles. The van der Waals surface area contributed by atoms with Crippen LogP contribution in [-0.4, -0.2) is 62.2 Å². The minimum Gasteiger partial charge on any atom is -0.355 e. The molecule has 0 amide bonds. The van der Waals surface area contributed by atoms with Crippen molar-refractivity contribution in [2.45, 2.75) is 32.1 Å². The van der Waals surface area contributed by atoms with Crippen LogP contribution in [0.1, 0.15) is 17.7 Å². The third-order valence-corrected chi connectivity index (χ3v) is 6.06. The average molecular weight is 453 g/mol. The first-order valence-corrected chi connectivity index (χ1v) is 10.2. The van der Waals surface area contributed by atoms with E-state index in [1.807, 2.05) is 0 Å². The Bertz CT molecular complexity index is 1110. The van der Waals surface area contributed by atoms with Crippen molar-refractivity contribution in [2.24, 2.45) is 5.41 Å². The number of nitrogens with zero attached hydrogens (tertiary/aromatic N) is 7. The Morgan fingerprint density at radius 1 is 1.03 bits per heavy atom. The van der Waals surface area contributed by atoms with E-state index in [0.717, 1.165) is 44.9 Å². The number of likely N-dealkylation sites (tertiary alicyclic amines) is 1. The number of aromatic nitrogens is 5. The molecule has 1 spiro atoms. The Morgan fingerprint density at radius 2 is 1.84 bits per heavy atom. The van der Waals surface area contributed by atoms with E-state index in [2.05, 4.69) is 29.9 Å². The first-order chi connectivity index (χ1) is 15.2. The van der Waals surface area contributed by atoms with Crippen LogP contribution in [0.2, 0.25) is 0 Å². The predicted octanol–water partition coefficient (Wildman–Crippen LogP) is 3.22. The van der Waals surface area contributed by atoms with Gasteiger partial charge in [-0.1, -0.05) is 0 Å². The van der Waals surface area contributed by atoms with Crippen molar-refractivity contribution in [1.29, 1.82) is 0 Å². The lowest BCUT2D eigenvalue weighted by atomic mass is 9.79. The summed E-state index contributed by atoms with van der Waals surface area (Å²) in [5, 5.41) is 3.95. The summed E-state index contributed by atoms with van der Waals surface area (Å²) in [6, 6.07) is 2.48. The normalized spacial score (nSPS) is 18.8. The van der Waals surface area contributed by atoms with Gasteiger partial charge in [-0.15, -0.1) is 0 Å². The van der Waals surface area contributed by atoms with Crippen molar-refractivity contribution in [3.05, 3.63) is 42.0 Å². The molecule has 0 aliphatic carbocycles. The summed E-state index contributed by atoms with van der Waals surface area (Å²) in [7, 11) is 0. The summed E-state index contributed by atoms with van der Waals surface area (Å²) in [5.41, 5.74) is 0.743. The van der Waals surface area contributed by atoms with E-state index < -0.39 is 24.7 Å². The van der Waals surface area contributed by atoms with Gasteiger partial charge in [-0.25, -0.2) is 23.4 Å². The fourth-order valence-electron chi connectivity index (χ4n) is 4.57. The second-order valence-corrected chi connectivity index (χ2v) is 8.51. The van der Waals surface area contributed by atoms with Gasteiger partial charge in [0.25, 0.3) is 6.43 Å². The Morgan fingerprint density at radius 3 is 2.53 bits per heavy atom. The van der Waals surface area contributed by atoms with Crippen LogP contribution >= 0.6 is 0 Å². The van der Waals surface area contributed by atoms with Gasteiger partial charge in [0.2, 0.25) is 0 Å². The SMILES string of the molecule is FC(F)Cn1ncc2ncc(N3CCC4(CN(Cc5ccc(C(F)(F)F)cn5)C4)C3)nc21. The number of hydrogen-bond donors (Lipinski definition) is 0. The fraction of sp³-hybridized carbons (Fsp3) is 0.500. The molecule has 7 nitrogen and oxygen atoms in total. The summed E-state index contributed by atoms with van der Waals surface area (Å²) in [5.74, 6) is 0.633. The zero-order valence-electron chi connectivity index (χ0n) is 16.9. The highest BCUT2D eigenvalue weighted by atomic mass is 19.4. The van der Waals surface area contributed by atoms with Crippen LogP contribution in [0.5, 0.6) is 0 Å². The number of hydrogen-bond acceptors (Lipinski definition) is 6. The first kappa shape index (κ1) is 21.0. The second-order valence-electron chi connectivity index (χ2n) is 8.51. The van der Waals surface area contributed by atoms with E-state index in [1.54, 1.807) is 6.20 Å². The van der Waals surface area contributed by atoms with Crippen LogP contribution in [0.4, 0.5) is 27.8 Å². The maximum atomic E-state index is 12.8. The highest BCUT2D eigenvalue weighted by Crippen LogP contribution is 2.41. The molecule has 2 fully saturated rings. The number of rotatable bonds is 5. The van der Waals surface area contributed by atoms with Crippen LogP contribution in [-0.2, 0) is 19.3 Å². The Kier molecular flexibility index (Phi) is 4.99. The van der Waals surface area contributed by atoms with Crippen molar-refractivity contribution in [2.75, 3.05) is 31.1 Å². The summed E-state index contributed by atoms with van der Waals surface area (Å²) >= 11 is 0. The molecule has 5 rings (SSSR count). The quantitative estimate of drug-likeness (QED) is 0.553. The molecule has 2 aliphatic heterocycles. The minimum atomic E-state index is -4.39. The molecular formula is C20H20F5N7. The van der Waals surface area contributed by atoms with Gasteiger partial charge in [-0.3, -0.25) is 9.88 Å². The monoisotopic (exact) mass is 453 g/mol. The van der Waals surface area contributed by atoms with E-state index >= 15 is 0 Å². The third-order valence-electron chi connectivity index (χ3n) is 6.06. The van der Waals surface area contributed by atoms with Crippen LogP contribution in [0.3, 0.4) is 0 Å². The molecule has 0 aromatic carbocycles. The number of fused-ring (bicyclic) bond motifs is 1. The van der Waals surface area contributed by atoms with Gasteiger partial charge in [0.05, 0.1) is 23.7 Å². The molecule has 0 atom stereocenters. The zero-order chi connectivity index (χ0) is 22.5. The minimum absolute atomic E-state index is 0.0752. The molecule has 3 aromatic heterocycles. The zero-order valence-corrected chi connectivity index (χ0v) is 16.9. The Hall–Kier alpha value is -2.89. The van der Waals surface area contributed by atoms with Gasteiger partial charge in [-0.2, -0.15) is 18.3 Å². The van der Waals surface area contributed by atoms with Crippen LogP contribution in [0.25, 0.3) is 11.2 Å². The lowest BCUT2D eigenvalue weighted by Crippen LogP contribution is -2.57. The number of pyridine rings is 1. The topological polar surface area (TPSA) is 63.0 Å². The predicted molar refractivity (Wildman–Crippen MR) is 105 cm³/mol. The fourth-order valence-corrected chi connectivity index (χ4v) is 4.57. The molecule has 0 bridgehead atoms. The lowest BCUT2D eigenvalue weighted by Gasteiger charge is -2.48. The summed E-state index contributed by atoms with van der Waals surface area (Å²) in [6.45, 7) is 3.12. The van der Waals surface area contributed by atoms with Crippen molar-refractivity contribution in [3.8, 4) is 0 Å². The smallest absolute Gasteiger partial charge is 0.355 e. The van der Waals surface area contributed by atoms with E-state index in [0.29, 0.717) is 29.2 Å². The van der Waals surface area contributed by atoms with Crippen LogP contribution in [0.15, 0.2) is 30.7 Å². The highest BCUT2D eigenvalue weighted by molar-refractivity contribution is 5.71. The lowest BCUT2D eigenvalue weighted by molar-refractivity contribution is -0.137. The van der Waals surface area contributed by atoms with Crippen molar-refractivity contribution >= 4 is 17.0 Å². The standard InChI is InChI=1S/C20H20F5N7/c21-16(22)9-32-18-15(6-28-32)27-7-17(29-18)31-4-3-19(12-31)10-30(11-19)8-14-2-1-13(5-26-14)20(23,24)25/h1-2,5-7,16H,3-4,8-12H2. The van der Waals surface area contributed by atoms with E-state index in [-0.39, 0.29) is 5.41 Å². The average Bonchev–Trinajstić information content (AvgIpc) is 3.32. The molecule has 12 heteroatoms. The molecule has 0 unspecified atom stereocenters. The van der Waals surface area contributed by atoms with Crippen molar-refractivity contribution in [3.63, 3.8) is 0 Å². The van der Waals surface area contributed by atoms with E-state index in [4.69, 9.17) is 0 Å². The third kappa shape index (κ3) is 3.98. The van der Waals surface area contributed by atoms with Gasteiger partial charge < -0.3 is 4.90 Å². The molecular weight excluding hydrogens is 433 g/mol. The summed E-state index contributed by atoms with van der Waals surface area (Å²) in [4.78, 5) is 17.0. The highest BCUT2D eigenvalue weighted by Gasteiger charge is 2.47. The summed E-state index contributed by atoms with van der Waals surface area (Å²) in [6.07, 6.45) is -2.03. The summed E-state index contributed by atoms with van der Waals surface area (Å²) < 4.78 is 64.7. The molecule has 2 aliphatic rings. The van der Waals surface area contributed by atoms with Gasteiger partial charge >= 0.3 is 6.18 Å². The first-order valence-electron chi connectivity index (χ1n) is 10.2. The van der Waals surface area contributed by atoms with E-state index in [1.165, 1.54) is 16.9 Å². The second kappa shape index (κ2) is 7.61. The molecule has 5 heterocycles. The maximum absolute atomic E-state index is 12.8. The number of alkyl halides is 5. The van der Waals surface area contributed by atoms with Gasteiger partial charge in [0.1, 0.15) is 17.9 Å².